The molecule has 0 heterocycles. The van der Waals surface area contributed by atoms with E-state index in [4.69, 9.17) is 23.2 Å². The summed E-state index contributed by atoms with van der Waals surface area (Å²) in [6, 6.07) is 4.79. The van der Waals surface area contributed by atoms with E-state index >= 15 is 0 Å². The van der Waals surface area contributed by atoms with E-state index in [2.05, 4.69) is 10.6 Å². The summed E-state index contributed by atoms with van der Waals surface area (Å²) in [5.74, 6) is 0.361. The molecule has 1 fully saturated rings. The summed E-state index contributed by atoms with van der Waals surface area (Å²) in [4.78, 5) is 11.9. The highest BCUT2D eigenvalue weighted by Crippen LogP contribution is 2.26. The first-order valence-corrected chi connectivity index (χ1v) is 7.88. The molecular formula is C15H20Cl2N2O2. The number of carbonyl (C=O) groups excluding carboxylic acids is 1. The molecule has 116 valence electrons. The van der Waals surface area contributed by atoms with Crippen LogP contribution in [0.2, 0.25) is 10.0 Å². The maximum atomic E-state index is 11.9. The molecule has 1 aromatic carbocycles. The first kappa shape index (κ1) is 16.4. The van der Waals surface area contributed by atoms with Crippen LogP contribution < -0.4 is 10.6 Å². The maximum absolute atomic E-state index is 11.9. The van der Waals surface area contributed by atoms with E-state index in [9.17, 15) is 9.90 Å². The number of aliphatic hydroxyl groups excluding tert-OH is 1. The van der Waals surface area contributed by atoms with E-state index in [1.165, 1.54) is 0 Å². The van der Waals surface area contributed by atoms with E-state index in [0.717, 1.165) is 24.8 Å². The zero-order chi connectivity index (χ0) is 15.4. The molecule has 21 heavy (non-hydrogen) atoms. The molecular weight excluding hydrogens is 311 g/mol. The molecule has 6 heteroatoms. The third-order valence-corrected chi connectivity index (χ3v) is 4.40. The Morgan fingerprint density at radius 2 is 2.19 bits per heavy atom. The van der Waals surface area contributed by atoms with E-state index in [1.54, 1.807) is 12.1 Å². The zero-order valence-corrected chi connectivity index (χ0v) is 13.4. The highest BCUT2D eigenvalue weighted by molar-refractivity contribution is 6.35. The van der Waals surface area contributed by atoms with Crippen molar-refractivity contribution < 1.29 is 9.90 Å². The highest BCUT2D eigenvalue weighted by atomic mass is 35.5. The third kappa shape index (κ3) is 4.77. The van der Waals surface area contributed by atoms with Crippen LogP contribution in [0.1, 0.15) is 37.8 Å². The molecule has 0 spiro atoms. The van der Waals surface area contributed by atoms with Crippen LogP contribution in [0.25, 0.3) is 0 Å². The minimum atomic E-state index is -0.227. The Morgan fingerprint density at radius 1 is 1.43 bits per heavy atom. The Kier molecular flexibility index (Phi) is 5.73. The van der Waals surface area contributed by atoms with Crippen molar-refractivity contribution in [3.8, 4) is 0 Å². The standard InChI is InChI=1S/C15H20Cl2N2O2/c1-9(13-5-3-11(16)7-14(13)17)19-15(21)18-8-10-2-4-12(20)6-10/h3,5,7,9-10,12,20H,2,4,6,8H2,1H3,(H2,18,19,21). The van der Waals surface area contributed by atoms with Crippen molar-refractivity contribution in [2.45, 2.75) is 38.3 Å². The molecule has 3 unspecified atom stereocenters. The molecule has 0 radical (unpaired) electrons. The molecule has 3 N–H and O–H groups in total. The van der Waals surface area contributed by atoms with E-state index in [1.807, 2.05) is 13.0 Å². The molecule has 4 nitrogen and oxygen atoms in total. The Hall–Kier alpha value is -0.970. The van der Waals surface area contributed by atoms with Crippen molar-refractivity contribution in [2.24, 2.45) is 5.92 Å². The van der Waals surface area contributed by atoms with Gasteiger partial charge in [0.1, 0.15) is 0 Å². The lowest BCUT2D eigenvalue weighted by Crippen LogP contribution is -2.39. The van der Waals surface area contributed by atoms with E-state index < -0.39 is 0 Å². The molecule has 3 atom stereocenters. The van der Waals surface area contributed by atoms with Crippen molar-refractivity contribution in [3.05, 3.63) is 33.8 Å². The topological polar surface area (TPSA) is 61.4 Å². The van der Waals surface area contributed by atoms with Gasteiger partial charge in [0.2, 0.25) is 0 Å². The Labute approximate surface area is 134 Å². The predicted molar refractivity (Wildman–Crippen MR) is 84.8 cm³/mol. The van der Waals surface area contributed by atoms with Gasteiger partial charge in [-0.2, -0.15) is 0 Å². The van der Waals surface area contributed by atoms with Crippen LogP contribution in [0.15, 0.2) is 18.2 Å². The molecule has 1 saturated carbocycles. The lowest BCUT2D eigenvalue weighted by molar-refractivity contribution is 0.177. The summed E-state index contributed by atoms with van der Waals surface area (Å²) in [5.41, 5.74) is 0.826. The minimum Gasteiger partial charge on any atom is -0.393 e. The molecule has 1 aliphatic rings. The average Bonchev–Trinajstić information content (AvgIpc) is 2.82. The highest BCUT2D eigenvalue weighted by Gasteiger charge is 2.23. The fraction of sp³-hybridized carbons (Fsp3) is 0.533. The molecule has 0 saturated heterocycles. The summed E-state index contributed by atoms with van der Waals surface area (Å²) >= 11 is 12.0. The van der Waals surface area contributed by atoms with Gasteiger partial charge in [-0.15, -0.1) is 0 Å². The number of nitrogens with one attached hydrogen (secondary N) is 2. The van der Waals surface area contributed by atoms with E-state index in [-0.39, 0.29) is 18.2 Å². The molecule has 2 amide bonds. The van der Waals surface area contributed by atoms with Crippen LogP contribution in [0.3, 0.4) is 0 Å². The van der Waals surface area contributed by atoms with E-state index in [0.29, 0.717) is 22.5 Å². The average molecular weight is 331 g/mol. The van der Waals surface area contributed by atoms with Gasteiger partial charge in [0, 0.05) is 16.6 Å². The molecule has 1 aliphatic carbocycles. The fourth-order valence-electron chi connectivity index (χ4n) is 2.65. The number of amides is 2. The normalized spacial score (nSPS) is 22.9. The van der Waals surface area contributed by atoms with Gasteiger partial charge < -0.3 is 15.7 Å². The summed E-state index contributed by atoms with van der Waals surface area (Å²) < 4.78 is 0. The van der Waals surface area contributed by atoms with Gasteiger partial charge in [0.25, 0.3) is 0 Å². The van der Waals surface area contributed by atoms with Crippen molar-refractivity contribution in [2.75, 3.05) is 6.54 Å². The Bertz CT molecular complexity index is 510. The molecule has 2 rings (SSSR count). The number of urea groups is 1. The number of hydrogen-bond acceptors (Lipinski definition) is 2. The minimum absolute atomic E-state index is 0.205. The number of rotatable bonds is 4. The second-order valence-corrected chi connectivity index (χ2v) is 6.42. The maximum Gasteiger partial charge on any atom is 0.315 e. The van der Waals surface area contributed by atoms with Crippen molar-refractivity contribution >= 4 is 29.2 Å². The lowest BCUT2D eigenvalue weighted by atomic mass is 10.1. The van der Waals surface area contributed by atoms with Crippen LogP contribution in [0.4, 0.5) is 4.79 Å². The zero-order valence-electron chi connectivity index (χ0n) is 11.9. The summed E-state index contributed by atoms with van der Waals surface area (Å²) in [7, 11) is 0. The molecule has 0 aromatic heterocycles. The quantitative estimate of drug-likeness (QED) is 0.791. The van der Waals surface area contributed by atoms with Gasteiger partial charge in [-0.25, -0.2) is 4.79 Å². The van der Waals surface area contributed by atoms with Crippen LogP contribution in [-0.4, -0.2) is 23.8 Å². The smallest absolute Gasteiger partial charge is 0.315 e. The SMILES string of the molecule is CC(NC(=O)NCC1CCC(O)C1)c1ccc(Cl)cc1Cl. The monoisotopic (exact) mass is 330 g/mol. The van der Waals surface area contributed by atoms with Crippen LogP contribution >= 0.6 is 23.2 Å². The van der Waals surface area contributed by atoms with Crippen LogP contribution in [0, 0.1) is 5.92 Å². The largest absolute Gasteiger partial charge is 0.393 e. The number of carbonyl (C=O) groups is 1. The first-order valence-electron chi connectivity index (χ1n) is 7.13. The number of hydrogen-bond donors (Lipinski definition) is 3. The third-order valence-electron chi connectivity index (χ3n) is 3.84. The predicted octanol–water partition coefficient (Wildman–Crippen LogP) is 3.51. The van der Waals surface area contributed by atoms with Crippen LogP contribution in [0.5, 0.6) is 0 Å². The number of aliphatic hydroxyl groups is 1. The second kappa shape index (κ2) is 7.34. The summed E-state index contributed by atoms with van der Waals surface area (Å²) in [6.45, 7) is 2.46. The fourth-order valence-corrected chi connectivity index (χ4v) is 3.22. The van der Waals surface area contributed by atoms with Crippen molar-refractivity contribution in [1.29, 1.82) is 0 Å². The Morgan fingerprint density at radius 3 is 2.81 bits per heavy atom. The van der Waals surface area contributed by atoms with Gasteiger partial charge >= 0.3 is 6.03 Å². The van der Waals surface area contributed by atoms with Gasteiger partial charge in [-0.1, -0.05) is 29.3 Å². The molecule has 1 aromatic rings. The summed E-state index contributed by atoms with van der Waals surface area (Å²) in [6.07, 6.45) is 2.33. The number of halogens is 2. The van der Waals surface area contributed by atoms with Crippen LogP contribution in [-0.2, 0) is 0 Å². The van der Waals surface area contributed by atoms with Gasteiger partial charge in [-0.3, -0.25) is 0 Å². The van der Waals surface area contributed by atoms with Gasteiger partial charge in [-0.05, 0) is 49.8 Å². The van der Waals surface area contributed by atoms with Gasteiger partial charge in [0.15, 0.2) is 0 Å². The number of benzene rings is 1. The summed E-state index contributed by atoms with van der Waals surface area (Å²) in [5, 5.41) is 16.3. The lowest BCUT2D eigenvalue weighted by Gasteiger charge is -2.17. The molecule has 0 bridgehead atoms. The second-order valence-electron chi connectivity index (χ2n) is 5.57. The Balaban J connectivity index is 1.81. The molecule has 0 aliphatic heterocycles. The van der Waals surface area contributed by atoms with Crippen molar-refractivity contribution in [1.82, 2.24) is 10.6 Å². The van der Waals surface area contributed by atoms with Crippen molar-refractivity contribution in [3.63, 3.8) is 0 Å². The first-order chi connectivity index (χ1) is 9.95. The van der Waals surface area contributed by atoms with Gasteiger partial charge in [0.05, 0.1) is 12.1 Å².